The number of rotatable bonds is 4. The third-order valence-electron chi connectivity index (χ3n) is 2.65. The minimum Gasteiger partial charge on any atom is -0.496 e. The van der Waals surface area contributed by atoms with Crippen LogP contribution in [0.4, 0.5) is 5.69 Å². The van der Waals surface area contributed by atoms with Gasteiger partial charge >= 0.3 is 0 Å². The number of halogens is 3. The summed E-state index contributed by atoms with van der Waals surface area (Å²) in [4.78, 5) is 0. The summed E-state index contributed by atoms with van der Waals surface area (Å²) in [5, 5.41) is 4.98. The zero-order valence-corrected chi connectivity index (χ0v) is 12.5. The predicted molar refractivity (Wildman–Crippen MR) is 81.8 cm³/mol. The summed E-state index contributed by atoms with van der Waals surface area (Å²) in [5.74, 6) is 0.789. The second-order valence-corrected chi connectivity index (χ2v) is 5.19. The molecule has 0 bridgehead atoms. The molecule has 2 rings (SSSR count). The molecule has 0 aliphatic carbocycles. The Balaban J connectivity index is 2.13. The van der Waals surface area contributed by atoms with Gasteiger partial charge in [-0.15, -0.1) is 0 Å². The maximum absolute atomic E-state index is 5.98. The number of hydrogen-bond donors (Lipinski definition) is 1. The Labute approximate surface area is 127 Å². The zero-order chi connectivity index (χ0) is 13.8. The molecule has 0 fully saturated rings. The summed E-state index contributed by atoms with van der Waals surface area (Å²) < 4.78 is 5.29. The fourth-order valence-corrected chi connectivity index (χ4v) is 2.18. The van der Waals surface area contributed by atoms with Crippen LogP contribution in [0.15, 0.2) is 36.4 Å². The molecule has 0 amide bonds. The SMILES string of the molecule is COc1ccc(Cl)cc1CNc1ccc(Cl)c(Cl)c1. The van der Waals surface area contributed by atoms with Crippen LogP contribution in [0.2, 0.25) is 15.1 Å². The summed E-state index contributed by atoms with van der Waals surface area (Å²) in [7, 11) is 1.63. The Morgan fingerprint density at radius 3 is 2.47 bits per heavy atom. The molecule has 0 atom stereocenters. The van der Waals surface area contributed by atoms with Crippen LogP contribution in [0, 0.1) is 0 Å². The van der Waals surface area contributed by atoms with E-state index in [1.54, 1.807) is 25.3 Å². The molecule has 0 heterocycles. The number of ether oxygens (including phenoxy) is 1. The highest BCUT2D eigenvalue weighted by atomic mass is 35.5. The number of anilines is 1. The van der Waals surface area contributed by atoms with Gasteiger partial charge in [0.15, 0.2) is 0 Å². The highest BCUT2D eigenvalue weighted by Crippen LogP contribution is 2.27. The highest BCUT2D eigenvalue weighted by molar-refractivity contribution is 6.42. The molecule has 19 heavy (non-hydrogen) atoms. The molecule has 0 spiro atoms. The molecular formula is C14H12Cl3NO. The van der Waals surface area contributed by atoms with Gasteiger partial charge in [0.2, 0.25) is 0 Å². The van der Waals surface area contributed by atoms with Crippen molar-refractivity contribution in [2.45, 2.75) is 6.54 Å². The Hall–Kier alpha value is -1.09. The number of nitrogens with one attached hydrogen (secondary N) is 1. The summed E-state index contributed by atoms with van der Waals surface area (Å²) >= 11 is 17.8. The van der Waals surface area contributed by atoms with Gasteiger partial charge in [-0.3, -0.25) is 0 Å². The van der Waals surface area contributed by atoms with Gasteiger partial charge in [0.05, 0.1) is 17.2 Å². The van der Waals surface area contributed by atoms with E-state index in [2.05, 4.69) is 5.32 Å². The molecule has 0 saturated carbocycles. The maximum atomic E-state index is 5.98. The van der Waals surface area contributed by atoms with Gasteiger partial charge in [-0.25, -0.2) is 0 Å². The molecule has 2 aromatic carbocycles. The molecule has 0 aliphatic heterocycles. The van der Waals surface area contributed by atoms with Gasteiger partial charge in [-0.05, 0) is 36.4 Å². The number of methoxy groups -OCH3 is 1. The fraction of sp³-hybridized carbons (Fsp3) is 0.143. The van der Waals surface area contributed by atoms with E-state index in [0.29, 0.717) is 21.6 Å². The zero-order valence-electron chi connectivity index (χ0n) is 10.2. The third kappa shape index (κ3) is 3.69. The van der Waals surface area contributed by atoms with Crippen LogP contribution in [0.3, 0.4) is 0 Å². The van der Waals surface area contributed by atoms with Gasteiger partial charge in [-0.1, -0.05) is 34.8 Å². The molecular weight excluding hydrogens is 305 g/mol. The van der Waals surface area contributed by atoms with E-state index in [4.69, 9.17) is 39.5 Å². The third-order valence-corrected chi connectivity index (χ3v) is 3.62. The Morgan fingerprint density at radius 1 is 1.00 bits per heavy atom. The monoisotopic (exact) mass is 315 g/mol. The summed E-state index contributed by atoms with van der Waals surface area (Å²) in [6.07, 6.45) is 0. The lowest BCUT2D eigenvalue weighted by atomic mass is 10.2. The first-order valence-corrected chi connectivity index (χ1v) is 6.75. The molecule has 2 nitrogen and oxygen atoms in total. The largest absolute Gasteiger partial charge is 0.496 e. The Kier molecular flexibility index (Phi) is 4.81. The van der Waals surface area contributed by atoms with E-state index in [9.17, 15) is 0 Å². The van der Waals surface area contributed by atoms with Crippen LogP contribution < -0.4 is 10.1 Å². The first-order chi connectivity index (χ1) is 9.10. The maximum Gasteiger partial charge on any atom is 0.123 e. The van der Waals surface area contributed by atoms with E-state index < -0.39 is 0 Å². The van der Waals surface area contributed by atoms with E-state index >= 15 is 0 Å². The van der Waals surface area contributed by atoms with Gasteiger partial charge in [0, 0.05) is 22.8 Å². The van der Waals surface area contributed by atoms with Crippen LogP contribution >= 0.6 is 34.8 Å². The molecule has 2 aromatic rings. The van der Waals surface area contributed by atoms with Gasteiger partial charge in [-0.2, -0.15) is 0 Å². The fourth-order valence-electron chi connectivity index (χ4n) is 1.69. The molecule has 0 radical (unpaired) electrons. The van der Waals surface area contributed by atoms with Crippen LogP contribution in [0.5, 0.6) is 5.75 Å². The van der Waals surface area contributed by atoms with E-state index in [-0.39, 0.29) is 0 Å². The summed E-state index contributed by atoms with van der Waals surface area (Å²) in [6.45, 7) is 0.585. The van der Waals surface area contributed by atoms with Crippen molar-refractivity contribution in [2.75, 3.05) is 12.4 Å². The van der Waals surface area contributed by atoms with Crippen molar-refractivity contribution >= 4 is 40.5 Å². The van der Waals surface area contributed by atoms with Crippen LogP contribution in [0.1, 0.15) is 5.56 Å². The normalized spacial score (nSPS) is 10.3. The molecule has 0 unspecified atom stereocenters. The molecule has 0 aromatic heterocycles. The second kappa shape index (κ2) is 6.38. The lowest BCUT2D eigenvalue weighted by Gasteiger charge is -2.11. The van der Waals surface area contributed by atoms with Crippen molar-refractivity contribution < 1.29 is 4.74 Å². The first kappa shape index (κ1) is 14.3. The molecule has 5 heteroatoms. The van der Waals surface area contributed by atoms with Crippen molar-refractivity contribution in [1.82, 2.24) is 0 Å². The highest BCUT2D eigenvalue weighted by Gasteiger charge is 2.05. The van der Waals surface area contributed by atoms with E-state index in [0.717, 1.165) is 17.0 Å². The van der Waals surface area contributed by atoms with Crippen molar-refractivity contribution in [3.63, 3.8) is 0 Å². The van der Waals surface area contributed by atoms with Crippen molar-refractivity contribution in [3.05, 3.63) is 57.0 Å². The van der Waals surface area contributed by atoms with Gasteiger partial charge in [0.1, 0.15) is 5.75 Å². The van der Waals surface area contributed by atoms with Crippen LogP contribution in [-0.4, -0.2) is 7.11 Å². The van der Waals surface area contributed by atoms with Gasteiger partial charge in [0.25, 0.3) is 0 Å². The minimum absolute atomic E-state index is 0.518. The quantitative estimate of drug-likeness (QED) is 0.830. The second-order valence-electron chi connectivity index (χ2n) is 3.94. The molecule has 0 aliphatic rings. The lowest BCUT2D eigenvalue weighted by molar-refractivity contribution is 0.410. The van der Waals surface area contributed by atoms with Gasteiger partial charge < -0.3 is 10.1 Å². The average Bonchev–Trinajstić information content (AvgIpc) is 2.40. The first-order valence-electron chi connectivity index (χ1n) is 5.61. The van der Waals surface area contributed by atoms with E-state index in [1.165, 1.54) is 0 Å². The topological polar surface area (TPSA) is 21.3 Å². The molecule has 100 valence electrons. The minimum atomic E-state index is 0.518. The summed E-state index contributed by atoms with van der Waals surface area (Å²) in [6, 6.07) is 10.9. The van der Waals surface area contributed by atoms with Crippen molar-refractivity contribution in [3.8, 4) is 5.75 Å². The lowest BCUT2D eigenvalue weighted by Crippen LogP contribution is -2.01. The van der Waals surface area contributed by atoms with E-state index in [1.807, 2.05) is 18.2 Å². The van der Waals surface area contributed by atoms with Crippen LogP contribution in [0.25, 0.3) is 0 Å². The smallest absolute Gasteiger partial charge is 0.123 e. The molecule has 1 N–H and O–H groups in total. The Morgan fingerprint density at radius 2 is 1.79 bits per heavy atom. The predicted octanol–water partition coefficient (Wildman–Crippen LogP) is 5.27. The average molecular weight is 317 g/mol. The number of hydrogen-bond acceptors (Lipinski definition) is 2. The van der Waals surface area contributed by atoms with Crippen molar-refractivity contribution in [1.29, 1.82) is 0 Å². The van der Waals surface area contributed by atoms with Crippen molar-refractivity contribution in [2.24, 2.45) is 0 Å². The standard InChI is InChI=1S/C14H12Cl3NO/c1-19-14-5-2-10(15)6-9(14)8-18-11-3-4-12(16)13(17)7-11/h2-7,18H,8H2,1H3. The Bertz CT molecular complexity index is 587. The van der Waals surface area contributed by atoms with Crippen LogP contribution in [-0.2, 0) is 6.54 Å². The molecule has 0 saturated heterocycles. The number of benzene rings is 2. The summed E-state index contributed by atoms with van der Waals surface area (Å²) in [5.41, 5.74) is 1.86.